The SMILES string of the molecule is CC(NC(=O)c1nc2ccccn2c1N)c1ccccc1. The number of amides is 1. The molecule has 21 heavy (non-hydrogen) atoms. The van der Waals surface area contributed by atoms with Gasteiger partial charge in [0.25, 0.3) is 5.91 Å². The molecule has 0 aliphatic carbocycles. The number of nitrogens with two attached hydrogens (primary N) is 1. The molecule has 0 saturated heterocycles. The zero-order valence-electron chi connectivity index (χ0n) is 11.7. The van der Waals surface area contributed by atoms with E-state index in [1.807, 2.05) is 55.5 Å². The monoisotopic (exact) mass is 280 g/mol. The number of carbonyl (C=O) groups excluding carboxylic acids is 1. The van der Waals surface area contributed by atoms with Gasteiger partial charge in [-0.05, 0) is 24.6 Å². The molecule has 0 fully saturated rings. The summed E-state index contributed by atoms with van der Waals surface area (Å²) in [4.78, 5) is 16.6. The van der Waals surface area contributed by atoms with Gasteiger partial charge in [-0.3, -0.25) is 9.20 Å². The lowest BCUT2D eigenvalue weighted by molar-refractivity contribution is 0.0936. The van der Waals surface area contributed by atoms with Crippen molar-refractivity contribution in [3.05, 3.63) is 66.0 Å². The quantitative estimate of drug-likeness (QED) is 0.773. The predicted octanol–water partition coefficient (Wildman–Crippen LogP) is 2.41. The Labute approximate surface area is 122 Å². The number of fused-ring (bicyclic) bond motifs is 1. The van der Waals surface area contributed by atoms with Gasteiger partial charge in [-0.15, -0.1) is 0 Å². The molecule has 2 heterocycles. The lowest BCUT2D eigenvalue weighted by atomic mass is 10.1. The zero-order chi connectivity index (χ0) is 14.8. The number of aromatic nitrogens is 2. The lowest BCUT2D eigenvalue weighted by Crippen LogP contribution is -2.27. The maximum absolute atomic E-state index is 12.4. The first-order chi connectivity index (χ1) is 10.2. The second-order valence-corrected chi connectivity index (χ2v) is 4.88. The molecule has 1 unspecified atom stereocenters. The van der Waals surface area contributed by atoms with Crippen LogP contribution >= 0.6 is 0 Å². The minimum absolute atomic E-state index is 0.108. The molecule has 0 bridgehead atoms. The van der Waals surface area contributed by atoms with Crippen LogP contribution in [0.2, 0.25) is 0 Å². The van der Waals surface area contributed by atoms with E-state index < -0.39 is 0 Å². The van der Waals surface area contributed by atoms with E-state index in [1.165, 1.54) is 0 Å². The summed E-state index contributed by atoms with van der Waals surface area (Å²) < 4.78 is 1.70. The average molecular weight is 280 g/mol. The number of hydrogen-bond acceptors (Lipinski definition) is 3. The van der Waals surface area contributed by atoms with Gasteiger partial charge < -0.3 is 11.1 Å². The zero-order valence-corrected chi connectivity index (χ0v) is 11.7. The minimum Gasteiger partial charge on any atom is -0.383 e. The molecule has 5 heteroatoms. The summed E-state index contributed by atoms with van der Waals surface area (Å²) in [5, 5.41) is 2.92. The number of carbonyl (C=O) groups is 1. The fourth-order valence-corrected chi connectivity index (χ4v) is 2.27. The molecule has 5 nitrogen and oxygen atoms in total. The van der Waals surface area contributed by atoms with E-state index in [9.17, 15) is 4.79 Å². The number of hydrogen-bond donors (Lipinski definition) is 2. The van der Waals surface area contributed by atoms with Gasteiger partial charge in [0.15, 0.2) is 5.69 Å². The molecule has 3 N–H and O–H groups in total. The Morgan fingerprint density at radius 1 is 1.19 bits per heavy atom. The van der Waals surface area contributed by atoms with Crippen LogP contribution in [0.15, 0.2) is 54.7 Å². The molecule has 0 aliphatic heterocycles. The van der Waals surface area contributed by atoms with Crippen LogP contribution in [-0.2, 0) is 0 Å². The Balaban J connectivity index is 1.86. The second-order valence-electron chi connectivity index (χ2n) is 4.88. The van der Waals surface area contributed by atoms with Crippen LogP contribution in [0.5, 0.6) is 0 Å². The molecule has 0 aliphatic rings. The smallest absolute Gasteiger partial charge is 0.274 e. The van der Waals surface area contributed by atoms with Gasteiger partial charge in [-0.1, -0.05) is 36.4 Å². The highest BCUT2D eigenvalue weighted by Gasteiger charge is 2.18. The largest absolute Gasteiger partial charge is 0.383 e. The van der Waals surface area contributed by atoms with E-state index >= 15 is 0 Å². The maximum Gasteiger partial charge on any atom is 0.274 e. The molecule has 0 radical (unpaired) electrons. The Hall–Kier alpha value is -2.82. The summed E-state index contributed by atoms with van der Waals surface area (Å²) >= 11 is 0. The molecule has 0 saturated carbocycles. The molecule has 1 aromatic carbocycles. The highest BCUT2D eigenvalue weighted by molar-refractivity contribution is 5.97. The fourth-order valence-electron chi connectivity index (χ4n) is 2.27. The van der Waals surface area contributed by atoms with Gasteiger partial charge >= 0.3 is 0 Å². The molecule has 1 atom stereocenters. The fraction of sp³-hybridized carbons (Fsp3) is 0.125. The number of nitrogen functional groups attached to an aromatic ring is 1. The molecule has 1 amide bonds. The van der Waals surface area contributed by atoms with Crippen molar-refractivity contribution in [3.63, 3.8) is 0 Å². The third-order valence-corrected chi connectivity index (χ3v) is 3.43. The first-order valence-corrected chi connectivity index (χ1v) is 6.75. The van der Waals surface area contributed by atoms with Crippen molar-refractivity contribution in [2.75, 3.05) is 5.73 Å². The molecular weight excluding hydrogens is 264 g/mol. The Morgan fingerprint density at radius 2 is 1.90 bits per heavy atom. The van der Waals surface area contributed by atoms with E-state index in [4.69, 9.17) is 5.73 Å². The number of nitrogens with zero attached hydrogens (tertiary/aromatic N) is 2. The van der Waals surface area contributed by atoms with E-state index in [1.54, 1.807) is 10.6 Å². The highest BCUT2D eigenvalue weighted by atomic mass is 16.2. The molecule has 2 aromatic heterocycles. The number of nitrogens with one attached hydrogen (secondary N) is 1. The van der Waals surface area contributed by atoms with Crippen LogP contribution in [0.3, 0.4) is 0 Å². The van der Waals surface area contributed by atoms with Crippen molar-refractivity contribution in [3.8, 4) is 0 Å². The number of benzene rings is 1. The van der Waals surface area contributed by atoms with Crippen LogP contribution in [0.4, 0.5) is 5.82 Å². The van der Waals surface area contributed by atoms with E-state index in [-0.39, 0.29) is 17.6 Å². The lowest BCUT2D eigenvalue weighted by Gasteiger charge is -2.13. The Bertz CT molecular complexity index is 779. The van der Waals surface area contributed by atoms with Crippen LogP contribution in [0, 0.1) is 0 Å². The van der Waals surface area contributed by atoms with Gasteiger partial charge in [-0.2, -0.15) is 0 Å². The first-order valence-electron chi connectivity index (χ1n) is 6.75. The van der Waals surface area contributed by atoms with Crippen molar-refractivity contribution in [2.24, 2.45) is 0 Å². The summed E-state index contributed by atoms with van der Waals surface area (Å²) in [6.45, 7) is 1.93. The van der Waals surface area contributed by atoms with Crippen molar-refractivity contribution in [1.29, 1.82) is 0 Å². The Kier molecular flexibility index (Phi) is 3.31. The van der Waals surface area contributed by atoms with E-state index in [2.05, 4.69) is 10.3 Å². The van der Waals surface area contributed by atoms with Crippen molar-refractivity contribution >= 4 is 17.4 Å². The summed E-state index contributed by atoms with van der Waals surface area (Å²) in [7, 11) is 0. The molecule has 0 spiro atoms. The van der Waals surface area contributed by atoms with Crippen LogP contribution in [-0.4, -0.2) is 15.3 Å². The maximum atomic E-state index is 12.4. The standard InChI is InChI=1S/C16H16N4O/c1-11(12-7-3-2-4-8-12)18-16(21)14-15(17)20-10-6-5-9-13(20)19-14/h2-11H,17H2,1H3,(H,18,21). The number of imidazole rings is 1. The highest BCUT2D eigenvalue weighted by Crippen LogP contribution is 2.17. The molecule has 106 valence electrons. The first kappa shape index (κ1) is 13.2. The van der Waals surface area contributed by atoms with Crippen molar-refractivity contribution in [2.45, 2.75) is 13.0 Å². The summed E-state index contributed by atoms with van der Waals surface area (Å²) in [5.74, 6) is 0.0796. The van der Waals surface area contributed by atoms with Gasteiger partial charge in [0.1, 0.15) is 11.5 Å². The van der Waals surface area contributed by atoms with Gasteiger partial charge in [0.05, 0.1) is 6.04 Å². The third kappa shape index (κ3) is 2.45. The molecule has 3 rings (SSSR count). The van der Waals surface area contributed by atoms with Gasteiger partial charge in [0, 0.05) is 6.20 Å². The van der Waals surface area contributed by atoms with Crippen molar-refractivity contribution < 1.29 is 4.79 Å². The number of pyridine rings is 1. The van der Waals surface area contributed by atoms with Gasteiger partial charge in [0.2, 0.25) is 0 Å². The minimum atomic E-state index is -0.271. The Morgan fingerprint density at radius 3 is 2.62 bits per heavy atom. The number of anilines is 1. The van der Waals surface area contributed by atoms with Crippen LogP contribution < -0.4 is 11.1 Å². The van der Waals surface area contributed by atoms with Crippen molar-refractivity contribution in [1.82, 2.24) is 14.7 Å². The average Bonchev–Trinajstić information content (AvgIpc) is 2.86. The summed E-state index contributed by atoms with van der Waals surface area (Å²) in [6, 6.07) is 15.2. The number of rotatable bonds is 3. The van der Waals surface area contributed by atoms with Gasteiger partial charge in [-0.25, -0.2) is 4.98 Å². The van der Waals surface area contributed by atoms with Crippen LogP contribution in [0.25, 0.3) is 5.65 Å². The predicted molar refractivity (Wildman–Crippen MR) is 81.9 cm³/mol. The molecule has 3 aromatic rings. The summed E-state index contributed by atoms with van der Waals surface area (Å²) in [6.07, 6.45) is 1.79. The third-order valence-electron chi connectivity index (χ3n) is 3.43. The molecular formula is C16H16N4O. The normalized spacial score (nSPS) is 12.2. The second kappa shape index (κ2) is 5.28. The van der Waals surface area contributed by atoms with E-state index in [0.29, 0.717) is 11.5 Å². The topological polar surface area (TPSA) is 72.4 Å². The van der Waals surface area contributed by atoms with E-state index in [0.717, 1.165) is 5.56 Å². The summed E-state index contributed by atoms with van der Waals surface area (Å²) in [5.41, 5.74) is 7.94. The van der Waals surface area contributed by atoms with Crippen LogP contribution in [0.1, 0.15) is 29.0 Å².